The Morgan fingerprint density at radius 3 is 2.46 bits per heavy atom. The van der Waals surface area contributed by atoms with Crippen molar-refractivity contribution in [3.05, 3.63) is 41.0 Å². The summed E-state index contributed by atoms with van der Waals surface area (Å²) in [5.41, 5.74) is 1.09. The fourth-order valence-electron chi connectivity index (χ4n) is 2.91. The maximum absolute atomic E-state index is 6.10. The molecule has 1 aromatic carbocycles. The van der Waals surface area contributed by atoms with Gasteiger partial charge in [-0.3, -0.25) is 4.90 Å². The highest BCUT2D eigenvalue weighted by molar-refractivity contribution is 6.30. The summed E-state index contributed by atoms with van der Waals surface area (Å²) < 4.78 is 5.50. The second-order valence-electron chi connectivity index (χ2n) is 7.39. The van der Waals surface area contributed by atoms with Gasteiger partial charge in [-0.25, -0.2) is 0 Å². The molecule has 5 nitrogen and oxygen atoms in total. The highest BCUT2D eigenvalue weighted by Gasteiger charge is 2.28. The summed E-state index contributed by atoms with van der Waals surface area (Å²) in [6, 6.07) is 8.17. The van der Waals surface area contributed by atoms with Gasteiger partial charge in [0, 0.05) is 42.3 Å². The Bertz CT molecular complexity index is 686. The van der Waals surface area contributed by atoms with Gasteiger partial charge in [0.2, 0.25) is 5.89 Å². The van der Waals surface area contributed by atoms with Crippen molar-refractivity contribution in [1.82, 2.24) is 15.0 Å². The van der Waals surface area contributed by atoms with Crippen LogP contribution in [0.25, 0.3) is 0 Å². The van der Waals surface area contributed by atoms with Gasteiger partial charge in [0.1, 0.15) is 0 Å². The molecule has 0 spiro atoms. The molecule has 0 bridgehead atoms. The fourth-order valence-corrected chi connectivity index (χ4v) is 3.09. The SMILES string of the molecule is CC(c1nc(C(C)(C)C)no1)N1CCN(c2cccc(Cl)c2)CC1. The van der Waals surface area contributed by atoms with Crippen LogP contribution in [-0.2, 0) is 5.41 Å². The largest absolute Gasteiger partial charge is 0.369 e. The minimum atomic E-state index is -0.0905. The minimum absolute atomic E-state index is 0.0905. The summed E-state index contributed by atoms with van der Waals surface area (Å²) in [4.78, 5) is 9.35. The van der Waals surface area contributed by atoms with Gasteiger partial charge in [0.25, 0.3) is 0 Å². The van der Waals surface area contributed by atoms with Crippen LogP contribution in [0.4, 0.5) is 5.69 Å². The van der Waals surface area contributed by atoms with E-state index in [9.17, 15) is 0 Å². The van der Waals surface area contributed by atoms with Crippen LogP contribution in [0.5, 0.6) is 0 Å². The lowest BCUT2D eigenvalue weighted by atomic mass is 9.96. The molecule has 2 heterocycles. The van der Waals surface area contributed by atoms with Crippen LogP contribution in [0.3, 0.4) is 0 Å². The monoisotopic (exact) mass is 348 g/mol. The van der Waals surface area contributed by atoms with E-state index in [0.717, 1.165) is 37.0 Å². The van der Waals surface area contributed by atoms with E-state index in [4.69, 9.17) is 16.1 Å². The van der Waals surface area contributed by atoms with Crippen LogP contribution in [0.15, 0.2) is 28.8 Å². The van der Waals surface area contributed by atoms with E-state index in [1.54, 1.807) is 0 Å². The molecule has 24 heavy (non-hydrogen) atoms. The lowest BCUT2D eigenvalue weighted by Gasteiger charge is -2.38. The minimum Gasteiger partial charge on any atom is -0.369 e. The Balaban J connectivity index is 1.63. The molecule has 0 N–H and O–H groups in total. The van der Waals surface area contributed by atoms with Gasteiger partial charge in [-0.1, -0.05) is 43.6 Å². The predicted molar refractivity (Wildman–Crippen MR) is 96.7 cm³/mol. The molecule has 1 fully saturated rings. The number of anilines is 1. The van der Waals surface area contributed by atoms with Crippen LogP contribution < -0.4 is 4.90 Å². The van der Waals surface area contributed by atoms with Gasteiger partial charge in [0.15, 0.2) is 5.82 Å². The third kappa shape index (κ3) is 3.73. The normalized spacial score (nSPS) is 18.0. The van der Waals surface area contributed by atoms with E-state index in [-0.39, 0.29) is 11.5 Å². The zero-order valence-electron chi connectivity index (χ0n) is 14.8. The molecule has 130 valence electrons. The first-order valence-electron chi connectivity index (χ1n) is 8.43. The Morgan fingerprint density at radius 2 is 1.88 bits per heavy atom. The second-order valence-corrected chi connectivity index (χ2v) is 7.82. The smallest absolute Gasteiger partial charge is 0.243 e. The summed E-state index contributed by atoms with van der Waals surface area (Å²) in [7, 11) is 0. The third-order valence-electron chi connectivity index (χ3n) is 4.51. The third-order valence-corrected chi connectivity index (χ3v) is 4.74. The molecule has 1 unspecified atom stereocenters. The highest BCUT2D eigenvalue weighted by Crippen LogP contribution is 2.26. The van der Waals surface area contributed by atoms with Crippen molar-refractivity contribution in [2.45, 2.75) is 39.2 Å². The number of benzene rings is 1. The maximum atomic E-state index is 6.10. The van der Waals surface area contributed by atoms with Crippen molar-refractivity contribution in [1.29, 1.82) is 0 Å². The molecule has 6 heteroatoms. The van der Waals surface area contributed by atoms with Crippen molar-refractivity contribution < 1.29 is 4.52 Å². The van der Waals surface area contributed by atoms with E-state index < -0.39 is 0 Å². The molecule has 1 aromatic heterocycles. The molecule has 1 aliphatic rings. The number of rotatable bonds is 3. The number of piperazine rings is 1. The number of halogens is 1. The molecule has 3 rings (SSSR count). The molecule has 0 radical (unpaired) electrons. The van der Waals surface area contributed by atoms with Crippen molar-refractivity contribution in [3.8, 4) is 0 Å². The highest BCUT2D eigenvalue weighted by atomic mass is 35.5. The summed E-state index contributed by atoms with van der Waals surface area (Å²) in [5.74, 6) is 1.47. The quantitative estimate of drug-likeness (QED) is 0.841. The molecule has 0 aliphatic carbocycles. The van der Waals surface area contributed by atoms with Crippen LogP contribution in [0, 0.1) is 0 Å². The molecule has 1 saturated heterocycles. The van der Waals surface area contributed by atoms with Gasteiger partial charge in [-0.15, -0.1) is 0 Å². The standard InChI is InChI=1S/C18H25ClN4O/c1-13(16-20-17(21-24-16)18(2,3)4)22-8-10-23(11-9-22)15-7-5-6-14(19)12-15/h5-7,12-13H,8-11H2,1-4H3. The Hall–Kier alpha value is -1.59. The molecule has 1 atom stereocenters. The van der Waals surface area contributed by atoms with Crippen molar-refractivity contribution in [3.63, 3.8) is 0 Å². The number of hydrogen-bond donors (Lipinski definition) is 0. The average Bonchev–Trinajstić information content (AvgIpc) is 3.04. The van der Waals surface area contributed by atoms with Crippen LogP contribution >= 0.6 is 11.6 Å². The van der Waals surface area contributed by atoms with Crippen LogP contribution in [0.2, 0.25) is 5.02 Å². The molecule has 2 aromatic rings. The van der Waals surface area contributed by atoms with Crippen LogP contribution in [-0.4, -0.2) is 41.2 Å². The molecule has 1 aliphatic heterocycles. The lowest BCUT2D eigenvalue weighted by Crippen LogP contribution is -2.47. The van der Waals surface area contributed by atoms with Gasteiger partial charge in [-0.2, -0.15) is 4.98 Å². The Labute approximate surface area is 148 Å². The summed E-state index contributed by atoms with van der Waals surface area (Å²) in [6.45, 7) is 12.3. The first-order chi connectivity index (χ1) is 11.3. The Morgan fingerprint density at radius 1 is 1.17 bits per heavy atom. The van der Waals surface area contributed by atoms with Gasteiger partial charge in [0.05, 0.1) is 6.04 Å². The molecular formula is C18H25ClN4O. The van der Waals surface area contributed by atoms with Gasteiger partial charge < -0.3 is 9.42 Å². The van der Waals surface area contributed by atoms with E-state index >= 15 is 0 Å². The molecule has 0 saturated carbocycles. The number of hydrogen-bond acceptors (Lipinski definition) is 5. The summed E-state index contributed by atoms with van der Waals surface area (Å²) in [6.07, 6.45) is 0. The van der Waals surface area contributed by atoms with Crippen molar-refractivity contribution in [2.24, 2.45) is 0 Å². The number of nitrogens with zero attached hydrogens (tertiary/aromatic N) is 4. The average molecular weight is 349 g/mol. The Kier molecular flexibility index (Phi) is 4.83. The lowest BCUT2D eigenvalue weighted by molar-refractivity contribution is 0.164. The summed E-state index contributed by atoms with van der Waals surface area (Å²) >= 11 is 6.10. The topological polar surface area (TPSA) is 45.4 Å². The zero-order valence-corrected chi connectivity index (χ0v) is 15.5. The van der Waals surface area contributed by atoms with Gasteiger partial charge >= 0.3 is 0 Å². The maximum Gasteiger partial charge on any atom is 0.243 e. The molecule has 0 amide bonds. The zero-order chi connectivity index (χ0) is 17.3. The van der Waals surface area contributed by atoms with Crippen LogP contribution in [0.1, 0.15) is 45.5 Å². The van der Waals surface area contributed by atoms with E-state index in [1.807, 2.05) is 18.2 Å². The van der Waals surface area contributed by atoms with E-state index in [1.165, 1.54) is 5.69 Å². The summed E-state index contributed by atoms with van der Waals surface area (Å²) in [5, 5.41) is 4.92. The van der Waals surface area contributed by atoms with E-state index in [0.29, 0.717) is 5.89 Å². The van der Waals surface area contributed by atoms with E-state index in [2.05, 4.69) is 53.7 Å². The van der Waals surface area contributed by atoms with Crippen molar-refractivity contribution >= 4 is 17.3 Å². The van der Waals surface area contributed by atoms with Gasteiger partial charge in [-0.05, 0) is 25.1 Å². The first kappa shape index (κ1) is 17.2. The number of aromatic nitrogens is 2. The second kappa shape index (κ2) is 6.73. The molecular weight excluding hydrogens is 324 g/mol. The fraction of sp³-hybridized carbons (Fsp3) is 0.556. The van der Waals surface area contributed by atoms with Crippen molar-refractivity contribution in [2.75, 3.05) is 31.1 Å². The predicted octanol–water partition coefficient (Wildman–Crippen LogP) is 3.90. The first-order valence-corrected chi connectivity index (χ1v) is 8.81.